The second kappa shape index (κ2) is 4.10. The van der Waals surface area contributed by atoms with Crippen molar-refractivity contribution >= 4 is 5.91 Å². The van der Waals surface area contributed by atoms with Crippen LogP contribution in [-0.4, -0.2) is 52.3 Å². The molecule has 0 aliphatic carbocycles. The summed E-state index contributed by atoms with van der Waals surface area (Å²) in [5, 5.41) is 0. The molecule has 2 aliphatic heterocycles. The van der Waals surface area contributed by atoms with Crippen LogP contribution >= 0.6 is 0 Å². The second-order valence-electron chi connectivity index (χ2n) is 6.57. The van der Waals surface area contributed by atoms with Crippen molar-refractivity contribution < 1.29 is 4.79 Å². The van der Waals surface area contributed by atoms with E-state index in [1.165, 1.54) is 0 Å². The van der Waals surface area contributed by atoms with Gasteiger partial charge in [-0.1, -0.05) is 6.58 Å². The zero-order valence-corrected chi connectivity index (χ0v) is 13.1. The Morgan fingerprint density at radius 1 is 1.05 bits per heavy atom. The fourth-order valence-corrected chi connectivity index (χ4v) is 3.62. The summed E-state index contributed by atoms with van der Waals surface area (Å²) >= 11 is 0. The van der Waals surface area contributed by atoms with Gasteiger partial charge < -0.3 is 4.90 Å². The first kappa shape index (κ1) is 14.1. The third-order valence-electron chi connectivity index (χ3n) is 4.37. The number of hydrogen-bond donors (Lipinski definition) is 0. The summed E-state index contributed by atoms with van der Waals surface area (Å²) in [6.07, 6.45) is 0. The predicted octanol–water partition coefficient (Wildman–Crippen LogP) is 2.01. The monoisotopic (exact) mass is 263 g/mol. The van der Waals surface area contributed by atoms with Crippen LogP contribution in [0.5, 0.6) is 0 Å². The summed E-state index contributed by atoms with van der Waals surface area (Å²) in [5.41, 5.74) is 2.05. The summed E-state index contributed by atoms with van der Waals surface area (Å²) < 4.78 is 0. The molecule has 0 bridgehead atoms. The van der Waals surface area contributed by atoms with Crippen molar-refractivity contribution in [1.82, 2.24) is 14.7 Å². The van der Waals surface area contributed by atoms with Gasteiger partial charge in [0, 0.05) is 37.4 Å². The van der Waals surface area contributed by atoms with Gasteiger partial charge in [0.15, 0.2) is 0 Å². The maximum Gasteiger partial charge on any atom is 0.258 e. The minimum absolute atomic E-state index is 0.0250. The Hall–Kier alpha value is -1.29. The van der Waals surface area contributed by atoms with Gasteiger partial charge in [0.1, 0.15) is 5.82 Å². The van der Waals surface area contributed by atoms with Crippen LogP contribution in [0.3, 0.4) is 0 Å². The van der Waals surface area contributed by atoms with E-state index in [0.717, 1.165) is 17.1 Å². The minimum Gasteiger partial charge on any atom is -0.333 e. The lowest BCUT2D eigenvalue weighted by Crippen LogP contribution is -2.49. The molecule has 2 aliphatic rings. The zero-order valence-electron chi connectivity index (χ0n) is 13.1. The minimum atomic E-state index is 0.0250. The Kier molecular flexibility index (Phi) is 3.05. The van der Waals surface area contributed by atoms with Gasteiger partial charge >= 0.3 is 0 Å². The Labute approximate surface area is 116 Å². The Morgan fingerprint density at radius 3 is 2.05 bits per heavy atom. The van der Waals surface area contributed by atoms with E-state index in [-0.39, 0.29) is 23.5 Å². The number of nitrogens with zero attached hydrogens (tertiary/aromatic N) is 3. The molecule has 2 rings (SSSR count). The van der Waals surface area contributed by atoms with E-state index in [1.54, 1.807) is 11.9 Å². The highest BCUT2D eigenvalue weighted by Gasteiger charge is 2.48. The molecule has 0 aromatic carbocycles. The molecule has 0 radical (unpaired) electrons. The van der Waals surface area contributed by atoms with Crippen LogP contribution < -0.4 is 0 Å². The fourth-order valence-electron chi connectivity index (χ4n) is 3.62. The topological polar surface area (TPSA) is 26.8 Å². The fraction of sp³-hybridized carbons (Fsp3) is 0.667. The van der Waals surface area contributed by atoms with Crippen molar-refractivity contribution in [3.8, 4) is 0 Å². The van der Waals surface area contributed by atoms with Crippen molar-refractivity contribution in [2.75, 3.05) is 14.1 Å². The largest absolute Gasteiger partial charge is 0.333 e. The molecule has 0 saturated heterocycles. The number of likely N-dealkylation sites (N-methyl/N-ethyl adjacent to an activating group) is 2. The van der Waals surface area contributed by atoms with Crippen LogP contribution in [0.2, 0.25) is 0 Å². The molecule has 0 aromatic heterocycles. The number of amides is 1. The van der Waals surface area contributed by atoms with Gasteiger partial charge in [-0.25, -0.2) is 0 Å². The predicted molar refractivity (Wildman–Crippen MR) is 77.2 cm³/mol. The van der Waals surface area contributed by atoms with Gasteiger partial charge in [-0.3, -0.25) is 14.6 Å². The van der Waals surface area contributed by atoms with Gasteiger partial charge in [0.2, 0.25) is 0 Å². The quantitative estimate of drug-likeness (QED) is 0.669. The molecule has 2 atom stereocenters. The van der Waals surface area contributed by atoms with E-state index in [4.69, 9.17) is 0 Å². The smallest absolute Gasteiger partial charge is 0.258 e. The molecule has 19 heavy (non-hydrogen) atoms. The number of hydrogen-bond acceptors (Lipinski definition) is 3. The summed E-state index contributed by atoms with van der Waals surface area (Å²) in [7, 11) is 3.79. The highest BCUT2D eigenvalue weighted by atomic mass is 16.2. The highest BCUT2D eigenvalue weighted by molar-refractivity contribution is 5.98. The Bertz CT molecular complexity index is 472. The first-order valence-corrected chi connectivity index (χ1v) is 6.82. The molecule has 1 amide bonds. The van der Waals surface area contributed by atoms with E-state index in [2.05, 4.69) is 51.0 Å². The lowest BCUT2D eigenvalue weighted by molar-refractivity contribution is -0.126. The maximum atomic E-state index is 12.5. The molecule has 0 N–H and O–H groups in total. The van der Waals surface area contributed by atoms with E-state index >= 15 is 0 Å². The first-order chi connectivity index (χ1) is 8.59. The lowest BCUT2D eigenvalue weighted by atomic mass is 10.0. The molecule has 2 heterocycles. The number of carbonyl (C=O) groups is 1. The lowest BCUT2D eigenvalue weighted by Gasteiger charge is -2.40. The normalized spacial score (nSPS) is 29.4. The molecular weight excluding hydrogens is 238 g/mol. The van der Waals surface area contributed by atoms with E-state index < -0.39 is 0 Å². The van der Waals surface area contributed by atoms with E-state index in [0.29, 0.717) is 0 Å². The van der Waals surface area contributed by atoms with Gasteiger partial charge in [-0.2, -0.15) is 0 Å². The average molecular weight is 263 g/mol. The van der Waals surface area contributed by atoms with Crippen molar-refractivity contribution in [3.63, 3.8) is 0 Å². The molecule has 0 aromatic rings. The van der Waals surface area contributed by atoms with Gasteiger partial charge in [0.25, 0.3) is 5.91 Å². The molecule has 4 heteroatoms. The van der Waals surface area contributed by atoms with Crippen molar-refractivity contribution in [3.05, 3.63) is 23.7 Å². The standard InChI is InChI=1S/C15H25N3O/c1-9-12-13(10(2)18(9)15(4,5)6)16(7)11(3)17(8)14(12)19/h9-10H,3H2,1-2,4-8H3. The molecule has 2 unspecified atom stereocenters. The SMILES string of the molecule is C=C1N(C)C(=O)C2=C(C(C)N(C(C)(C)C)C2C)N1C. The summed E-state index contributed by atoms with van der Waals surface area (Å²) in [6.45, 7) is 14.9. The van der Waals surface area contributed by atoms with Gasteiger partial charge in [0.05, 0.1) is 5.57 Å². The molecule has 0 saturated carbocycles. The van der Waals surface area contributed by atoms with Crippen LogP contribution in [0.4, 0.5) is 0 Å². The van der Waals surface area contributed by atoms with Crippen molar-refractivity contribution in [2.24, 2.45) is 0 Å². The summed E-state index contributed by atoms with van der Waals surface area (Å²) in [4.78, 5) is 18.7. The Morgan fingerprint density at radius 2 is 1.58 bits per heavy atom. The number of rotatable bonds is 0. The average Bonchev–Trinajstić information content (AvgIpc) is 2.55. The van der Waals surface area contributed by atoms with Crippen LogP contribution in [-0.2, 0) is 4.79 Å². The maximum absolute atomic E-state index is 12.5. The number of carbonyl (C=O) groups excluding carboxylic acids is 1. The van der Waals surface area contributed by atoms with Crippen molar-refractivity contribution in [1.29, 1.82) is 0 Å². The van der Waals surface area contributed by atoms with Gasteiger partial charge in [-0.05, 0) is 34.6 Å². The third kappa shape index (κ3) is 1.81. The zero-order chi connectivity index (χ0) is 14.7. The second-order valence-corrected chi connectivity index (χ2v) is 6.57. The van der Waals surface area contributed by atoms with E-state index in [9.17, 15) is 4.79 Å². The molecule has 0 spiro atoms. The first-order valence-electron chi connectivity index (χ1n) is 6.82. The van der Waals surface area contributed by atoms with Crippen LogP contribution in [0.25, 0.3) is 0 Å². The molecule has 106 valence electrons. The van der Waals surface area contributed by atoms with Crippen LogP contribution in [0.15, 0.2) is 23.7 Å². The van der Waals surface area contributed by atoms with Crippen LogP contribution in [0.1, 0.15) is 34.6 Å². The highest BCUT2D eigenvalue weighted by Crippen LogP contribution is 2.41. The van der Waals surface area contributed by atoms with Crippen LogP contribution in [0, 0.1) is 0 Å². The van der Waals surface area contributed by atoms with Gasteiger partial charge in [-0.15, -0.1) is 0 Å². The molecule has 4 nitrogen and oxygen atoms in total. The van der Waals surface area contributed by atoms with E-state index in [1.807, 2.05) is 7.05 Å². The third-order valence-corrected chi connectivity index (χ3v) is 4.37. The van der Waals surface area contributed by atoms with Crippen molar-refractivity contribution in [2.45, 2.75) is 52.2 Å². The summed E-state index contributed by atoms with van der Waals surface area (Å²) in [6, 6.07) is 0.361. The molecular formula is C15H25N3O. The summed E-state index contributed by atoms with van der Waals surface area (Å²) in [5.74, 6) is 0.836. The molecule has 0 fully saturated rings. The Balaban J connectivity index is 2.54.